The third-order valence-corrected chi connectivity index (χ3v) is 7.22. The third kappa shape index (κ3) is 5.14. The minimum absolute atomic E-state index is 0.0154. The summed E-state index contributed by atoms with van der Waals surface area (Å²) in [5, 5.41) is 23.1. The molecule has 1 aromatic heterocycles. The number of aryl methyl sites for hydroxylation is 1. The van der Waals surface area contributed by atoms with E-state index in [2.05, 4.69) is 15.5 Å². The summed E-state index contributed by atoms with van der Waals surface area (Å²) < 4.78 is 1.80. The number of para-hydroxylation sites is 2. The number of carbonyl (C=O) groups is 2. The van der Waals surface area contributed by atoms with Crippen LogP contribution in [0, 0.1) is 17.0 Å². The lowest BCUT2D eigenvalue weighted by atomic mass is 10.1. The molecule has 0 bridgehead atoms. The second-order valence-electron chi connectivity index (χ2n) is 8.72. The number of nitro groups is 1. The second-order valence-corrected chi connectivity index (χ2v) is 9.67. The van der Waals surface area contributed by atoms with Crippen molar-refractivity contribution in [1.82, 2.24) is 20.1 Å². The molecule has 3 aromatic carbocycles. The van der Waals surface area contributed by atoms with Crippen LogP contribution < -0.4 is 10.2 Å². The van der Waals surface area contributed by atoms with Gasteiger partial charge in [0.15, 0.2) is 11.0 Å². The van der Waals surface area contributed by atoms with Crippen LogP contribution in [0.2, 0.25) is 0 Å². The molecule has 0 radical (unpaired) electrons. The smallest absolute Gasteiger partial charge is 0.273 e. The number of benzene rings is 3. The Hall–Kier alpha value is -4.51. The van der Waals surface area contributed by atoms with Gasteiger partial charge in [-0.2, -0.15) is 0 Å². The minimum Gasteiger partial charge on any atom is -0.345 e. The SMILES string of the molecule is Cc1ccc(C(=O)NCc2nnc(SCC(=O)N3CCc4ccccc43)n2-c2ccccc2)cc1[N+](=O)[O-]. The molecule has 0 aliphatic carbocycles. The van der Waals surface area contributed by atoms with Crippen molar-refractivity contribution in [2.45, 2.75) is 25.0 Å². The number of hydrogen-bond acceptors (Lipinski definition) is 7. The van der Waals surface area contributed by atoms with Gasteiger partial charge in [0.2, 0.25) is 5.91 Å². The van der Waals surface area contributed by atoms with Crippen molar-refractivity contribution < 1.29 is 14.5 Å². The molecule has 1 aliphatic rings. The van der Waals surface area contributed by atoms with E-state index in [1.807, 2.05) is 54.6 Å². The highest BCUT2D eigenvalue weighted by molar-refractivity contribution is 7.99. The summed E-state index contributed by atoms with van der Waals surface area (Å²) in [5.74, 6) is 0.164. The van der Waals surface area contributed by atoms with E-state index in [4.69, 9.17) is 0 Å². The van der Waals surface area contributed by atoms with Gasteiger partial charge >= 0.3 is 0 Å². The predicted octanol–water partition coefficient (Wildman–Crippen LogP) is 4.10. The zero-order chi connectivity index (χ0) is 26.6. The number of nitrogens with one attached hydrogen (secondary N) is 1. The van der Waals surface area contributed by atoms with Crippen molar-refractivity contribution in [3.63, 3.8) is 0 Å². The van der Waals surface area contributed by atoms with Crippen LogP contribution in [-0.4, -0.2) is 43.8 Å². The molecule has 1 N–H and O–H groups in total. The number of hydrogen-bond donors (Lipinski definition) is 1. The molecule has 0 spiro atoms. The van der Waals surface area contributed by atoms with Gasteiger partial charge in [0, 0.05) is 35.1 Å². The van der Waals surface area contributed by atoms with E-state index in [9.17, 15) is 19.7 Å². The molecule has 10 nitrogen and oxygen atoms in total. The van der Waals surface area contributed by atoms with Gasteiger partial charge < -0.3 is 10.2 Å². The lowest BCUT2D eigenvalue weighted by Crippen LogP contribution is -2.30. The first-order valence-corrected chi connectivity index (χ1v) is 12.9. The first kappa shape index (κ1) is 25.2. The van der Waals surface area contributed by atoms with Gasteiger partial charge in [0.05, 0.1) is 17.2 Å². The topological polar surface area (TPSA) is 123 Å². The molecule has 0 fully saturated rings. The van der Waals surface area contributed by atoms with E-state index in [1.54, 1.807) is 28.5 Å². The highest BCUT2D eigenvalue weighted by Crippen LogP contribution is 2.29. The lowest BCUT2D eigenvalue weighted by Gasteiger charge is -2.17. The molecular formula is C27H24N6O4S. The van der Waals surface area contributed by atoms with Gasteiger partial charge in [0.25, 0.3) is 11.6 Å². The fourth-order valence-corrected chi connectivity index (χ4v) is 5.20. The van der Waals surface area contributed by atoms with Crippen LogP contribution in [0.4, 0.5) is 11.4 Å². The zero-order valence-electron chi connectivity index (χ0n) is 20.5. The van der Waals surface area contributed by atoms with E-state index < -0.39 is 10.8 Å². The maximum Gasteiger partial charge on any atom is 0.273 e. The number of nitrogens with zero attached hydrogens (tertiary/aromatic N) is 5. The summed E-state index contributed by atoms with van der Waals surface area (Å²) in [5.41, 5.74) is 3.43. The fourth-order valence-electron chi connectivity index (χ4n) is 4.35. The Labute approximate surface area is 222 Å². The molecule has 0 saturated heterocycles. The molecule has 0 atom stereocenters. The van der Waals surface area contributed by atoms with E-state index >= 15 is 0 Å². The number of fused-ring (bicyclic) bond motifs is 1. The van der Waals surface area contributed by atoms with Crippen molar-refractivity contribution >= 4 is 35.0 Å². The molecule has 0 unspecified atom stereocenters. The number of aromatic nitrogens is 3. The Balaban J connectivity index is 1.33. The summed E-state index contributed by atoms with van der Waals surface area (Å²) in [6.45, 7) is 2.31. The first-order chi connectivity index (χ1) is 18.4. The minimum atomic E-state index is -0.510. The summed E-state index contributed by atoms with van der Waals surface area (Å²) in [7, 11) is 0. The normalized spacial score (nSPS) is 12.3. The second kappa shape index (κ2) is 10.9. The Morgan fingerprint density at radius 3 is 2.61 bits per heavy atom. The molecular weight excluding hydrogens is 504 g/mol. The Morgan fingerprint density at radius 1 is 1.05 bits per heavy atom. The lowest BCUT2D eigenvalue weighted by molar-refractivity contribution is -0.385. The summed E-state index contributed by atoms with van der Waals surface area (Å²) >= 11 is 1.28. The van der Waals surface area contributed by atoms with Crippen molar-refractivity contribution in [1.29, 1.82) is 0 Å². The van der Waals surface area contributed by atoms with E-state index in [0.717, 1.165) is 23.4 Å². The van der Waals surface area contributed by atoms with Crippen molar-refractivity contribution in [2.24, 2.45) is 0 Å². The Kier molecular flexibility index (Phi) is 7.18. The van der Waals surface area contributed by atoms with Crippen molar-refractivity contribution in [3.05, 3.63) is 105 Å². The average Bonchev–Trinajstić information content (AvgIpc) is 3.55. The number of anilines is 1. The first-order valence-electron chi connectivity index (χ1n) is 12.0. The van der Waals surface area contributed by atoms with Gasteiger partial charge in [-0.15, -0.1) is 10.2 Å². The van der Waals surface area contributed by atoms with E-state index in [0.29, 0.717) is 23.1 Å². The van der Waals surface area contributed by atoms with Gasteiger partial charge in [-0.25, -0.2) is 0 Å². The van der Waals surface area contributed by atoms with Crippen LogP contribution in [0.25, 0.3) is 5.69 Å². The number of carbonyl (C=O) groups excluding carboxylic acids is 2. The zero-order valence-corrected chi connectivity index (χ0v) is 21.4. The van der Waals surface area contributed by atoms with Crippen molar-refractivity contribution in [3.8, 4) is 5.69 Å². The predicted molar refractivity (Wildman–Crippen MR) is 144 cm³/mol. The monoisotopic (exact) mass is 528 g/mol. The number of rotatable bonds is 8. The summed E-state index contributed by atoms with van der Waals surface area (Å²) in [4.78, 5) is 38.4. The average molecular weight is 529 g/mol. The third-order valence-electron chi connectivity index (χ3n) is 6.30. The number of thioether (sulfide) groups is 1. The summed E-state index contributed by atoms with van der Waals surface area (Å²) in [6, 6.07) is 21.7. The largest absolute Gasteiger partial charge is 0.345 e. The summed E-state index contributed by atoms with van der Waals surface area (Å²) in [6.07, 6.45) is 0.834. The van der Waals surface area contributed by atoms with Crippen LogP contribution in [-0.2, 0) is 17.8 Å². The molecule has 38 heavy (non-hydrogen) atoms. The number of amides is 2. The van der Waals surface area contributed by atoms with Crippen LogP contribution in [0.5, 0.6) is 0 Å². The molecule has 11 heteroatoms. The van der Waals surface area contributed by atoms with Gasteiger partial charge in [-0.05, 0) is 43.2 Å². The van der Waals surface area contributed by atoms with Crippen LogP contribution in [0.3, 0.4) is 0 Å². The number of nitro benzene ring substituents is 1. The standard InChI is InChI=1S/C27H24N6O4S/c1-18-11-12-20(15-23(18)33(36)37)26(35)28-16-24-29-30-27(32(24)21-8-3-2-4-9-21)38-17-25(34)31-14-13-19-7-5-6-10-22(19)31/h2-12,15H,13-14,16-17H2,1H3,(H,28,35). The van der Waals surface area contributed by atoms with Gasteiger partial charge in [-0.1, -0.05) is 54.2 Å². The fraction of sp³-hybridized carbons (Fsp3) is 0.185. The van der Waals surface area contributed by atoms with Gasteiger partial charge in [0.1, 0.15) is 0 Å². The van der Waals surface area contributed by atoms with E-state index in [1.165, 1.54) is 17.8 Å². The maximum atomic E-state index is 13.0. The molecule has 2 heterocycles. The highest BCUT2D eigenvalue weighted by atomic mass is 32.2. The maximum absolute atomic E-state index is 13.0. The quantitative estimate of drug-likeness (QED) is 0.208. The molecule has 1 aliphatic heterocycles. The van der Waals surface area contributed by atoms with E-state index in [-0.39, 0.29) is 29.5 Å². The Morgan fingerprint density at radius 2 is 1.82 bits per heavy atom. The highest BCUT2D eigenvalue weighted by Gasteiger charge is 2.25. The molecule has 0 saturated carbocycles. The van der Waals surface area contributed by atoms with Crippen molar-refractivity contribution in [2.75, 3.05) is 17.2 Å². The van der Waals surface area contributed by atoms with Crippen LogP contribution >= 0.6 is 11.8 Å². The molecule has 192 valence electrons. The van der Waals surface area contributed by atoms with Crippen LogP contribution in [0.15, 0.2) is 78.0 Å². The molecule has 4 aromatic rings. The van der Waals surface area contributed by atoms with Crippen LogP contribution in [0.1, 0.15) is 27.3 Å². The molecule has 5 rings (SSSR count). The molecule has 2 amide bonds. The van der Waals surface area contributed by atoms with Gasteiger partial charge in [-0.3, -0.25) is 24.3 Å². The Bertz CT molecular complexity index is 1520.